The lowest BCUT2D eigenvalue weighted by Gasteiger charge is -2.17. The fraction of sp³-hybridized carbons (Fsp3) is 0.214. The molecule has 6 nitrogen and oxygen atoms in total. The van der Waals surface area contributed by atoms with Crippen LogP contribution in [0, 0.1) is 13.8 Å². The number of carbonyl (C=O) groups excluding carboxylic acids is 2. The van der Waals surface area contributed by atoms with Gasteiger partial charge in [0, 0.05) is 17.3 Å². The number of anilines is 2. The molecule has 0 bridgehead atoms. The Labute approximate surface area is 199 Å². The zero-order chi connectivity index (χ0) is 24.2. The summed E-state index contributed by atoms with van der Waals surface area (Å²) >= 11 is 0. The summed E-state index contributed by atoms with van der Waals surface area (Å²) in [6.45, 7) is 6.52. The third-order valence-electron chi connectivity index (χ3n) is 5.50. The highest BCUT2D eigenvalue weighted by Crippen LogP contribution is 2.38. The number of ether oxygens (including phenoxy) is 2. The van der Waals surface area contributed by atoms with Crippen LogP contribution >= 0.6 is 0 Å². The van der Waals surface area contributed by atoms with Gasteiger partial charge in [-0.3, -0.25) is 9.59 Å². The van der Waals surface area contributed by atoms with E-state index in [4.69, 9.17) is 9.47 Å². The molecule has 6 heteroatoms. The quantitative estimate of drug-likeness (QED) is 0.454. The topological polar surface area (TPSA) is 67.9 Å². The van der Waals surface area contributed by atoms with Gasteiger partial charge in [0.2, 0.25) is 0 Å². The molecule has 0 saturated heterocycles. The van der Waals surface area contributed by atoms with Gasteiger partial charge in [0.25, 0.3) is 11.8 Å². The number of carbonyl (C=O) groups is 2. The number of benzene rings is 3. The molecule has 1 aliphatic heterocycles. The fourth-order valence-electron chi connectivity index (χ4n) is 4.09. The van der Waals surface area contributed by atoms with Gasteiger partial charge in [-0.25, -0.2) is 4.90 Å². The van der Waals surface area contributed by atoms with Crippen molar-refractivity contribution in [3.8, 4) is 11.5 Å². The number of nitrogens with zero attached hydrogens (tertiary/aromatic N) is 1. The van der Waals surface area contributed by atoms with E-state index in [1.165, 1.54) is 4.90 Å². The molecule has 0 saturated carbocycles. The minimum Gasteiger partial charge on any atom is -0.496 e. The van der Waals surface area contributed by atoms with Crippen molar-refractivity contribution in [2.75, 3.05) is 23.9 Å². The predicted molar refractivity (Wildman–Crippen MR) is 134 cm³/mol. The molecular formula is C28H28N2O4. The van der Waals surface area contributed by atoms with Gasteiger partial charge in [0.05, 0.1) is 25.0 Å². The molecule has 0 fully saturated rings. The lowest BCUT2D eigenvalue weighted by atomic mass is 10.0. The van der Waals surface area contributed by atoms with E-state index >= 15 is 0 Å². The van der Waals surface area contributed by atoms with Crippen LogP contribution in [-0.4, -0.2) is 25.5 Å². The van der Waals surface area contributed by atoms with Crippen LogP contribution in [0.2, 0.25) is 0 Å². The highest BCUT2D eigenvalue weighted by atomic mass is 16.5. The number of imide groups is 1. The molecule has 0 atom stereocenters. The minimum absolute atomic E-state index is 0.196. The van der Waals surface area contributed by atoms with Crippen LogP contribution in [0.25, 0.3) is 5.57 Å². The second-order valence-corrected chi connectivity index (χ2v) is 8.24. The van der Waals surface area contributed by atoms with Gasteiger partial charge in [-0.05, 0) is 61.7 Å². The molecule has 4 rings (SSSR count). The van der Waals surface area contributed by atoms with E-state index in [-0.39, 0.29) is 11.3 Å². The summed E-state index contributed by atoms with van der Waals surface area (Å²) in [7, 11) is 1.55. The van der Waals surface area contributed by atoms with Gasteiger partial charge >= 0.3 is 0 Å². The first-order chi connectivity index (χ1) is 16.4. The molecule has 1 heterocycles. The lowest BCUT2D eigenvalue weighted by molar-refractivity contribution is -0.120. The van der Waals surface area contributed by atoms with Crippen molar-refractivity contribution in [2.24, 2.45) is 0 Å². The van der Waals surface area contributed by atoms with Gasteiger partial charge in [0.1, 0.15) is 17.2 Å². The SMILES string of the molecule is CCCOc1cccc(NC2=C(c3ccccc3OC)C(=O)N(c3cc(C)cc(C)c3)C2=O)c1. The number of hydrogen-bond donors (Lipinski definition) is 1. The predicted octanol–water partition coefficient (Wildman–Crippen LogP) is 5.50. The van der Waals surface area contributed by atoms with Crippen molar-refractivity contribution < 1.29 is 19.1 Å². The number of methoxy groups -OCH3 is 1. The highest BCUT2D eigenvalue weighted by Gasteiger charge is 2.41. The van der Waals surface area contributed by atoms with E-state index in [9.17, 15) is 9.59 Å². The minimum atomic E-state index is -0.421. The first kappa shape index (κ1) is 23.1. The summed E-state index contributed by atoms with van der Waals surface area (Å²) in [6.07, 6.45) is 0.888. The molecule has 34 heavy (non-hydrogen) atoms. The molecule has 3 aromatic carbocycles. The Hall–Kier alpha value is -4.06. The van der Waals surface area contributed by atoms with E-state index in [0.717, 1.165) is 17.5 Å². The molecule has 174 valence electrons. The first-order valence-corrected chi connectivity index (χ1v) is 11.3. The van der Waals surface area contributed by atoms with E-state index in [1.807, 2.05) is 75.4 Å². The van der Waals surface area contributed by atoms with E-state index in [0.29, 0.717) is 35.0 Å². The van der Waals surface area contributed by atoms with Gasteiger partial charge in [-0.15, -0.1) is 0 Å². The van der Waals surface area contributed by atoms with Gasteiger partial charge < -0.3 is 14.8 Å². The number of amides is 2. The average molecular weight is 457 g/mol. The summed E-state index contributed by atoms with van der Waals surface area (Å²) in [5.74, 6) is 0.380. The molecule has 0 unspecified atom stereocenters. The van der Waals surface area contributed by atoms with Crippen molar-refractivity contribution >= 4 is 28.8 Å². The fourth-order valence-corrected chi connectivity index (χ4v) is 4.09. The Kier molecular flexibility index (Phi) is 6.68. The standard InChI is InChI=1S/C28H28N2O4/c1-5-13-34-22-10-8-9-20(17-22)29-26-25(23-11-6-7-12-24(23)33-4)27(31)30(28(26)32)21-15-18(2)14-19(3)16-21/h6-12,14-17,29H,5,13H2,1-4H3. The third kappa shape index (κ3) is 4.53. The second kappa shape index (κ2) is 9.83. The molecule has 3 aromatic rings. The number of para-hydroxylation sites is 1. The van der Waals surface area contributed by atoms with Crippen LogP contribution in [-0.2, 0) is 9.59 Å². The average Bonchev–Trinajstić information content (AvgIpc) is 3.06. The van der Waals surface area contributed by atoms with Gasteiger partial charge in [-0.1, -0.05) is 37.3 Å². The Morgan fingerprint density at radius 3 is 2.32 bits per heavy atom. The molecule has 0 spiro atoms. The summed E-state index contributed by atoms with van der Waals surface area (Å²) < 4.78 is 11.3. The van der Waals surface area contributed by atoms with Gasteiger partial charge in [-0.2, -0.15) is 0 Å². The Morgan fingerprint density at radius 1 is 0.882 bits per heavy atom. The van der Waals surface area contributed by atoms with E-state index in [1.54, 1.807) is 19.2 Å². The van der Waals surface area contributed by atoms with Crippen LogP contribution in [0.1, 0.15) is 30.0 Å². The smallest absolute Gasteiger partial charge is 0.282 e. The first-order valence-electron chi connectivity index (χ1n) is 11.3. The normalized spacial score (nSPS) is 13.5. The molecule has 1 aliphatic rings. The highest BCUT2D eigenvalue weighted by molar-refractivity contribution is 6.46. The van der Waals surface area contributed by atoms with Crippen LogP contribution < -0.4 is 19.7 Å². The molecular weight excluding hydrogens is 428 g/mol. The maximum absolute atomic E-state index is 13.7. The summed E-state index contributed by atoms with van der Waals surface area (Å²) in [5.41, 5.74) is 4.14. The number of hydrogen-bond acceptors (Lipinski definition) is 5. The van der Waals surface area contributed by atoms with Crippen LogP contribution in [0.15, 0.2) is 72.4 Å². The monoisotopic (exact) mass is 456 g/mol. The number of aryl methyl sites for hydroxylation is 2. The van der Waals surface area contributed by atoms with Crippen LogP contribution in [0.4, 0.5) is 11.4 Å². The number of nitrogens with one attached hydrogen (secondary N) is 1. The Bertz CT molecular complexity index is 1260. The second-order valence-electron chi connectivity index (χ2n) is 8.24. The van der Waals surface area contributed by atoms with Crippen molar-refractivity contribution in [2.45, 2.75) is 27.2 Å². The molecule has 0 aromatic heterocycles. The summed E-state index contributed by atoms with van der Waals surface area (Å²) in [4.78, 5) is 28.7. The Morgan fingerprint density at radius 2 is 1.62 bits per heavy atom. The number of rotatable bonds is 8. The maximum atomic E-state index is 13.7. The van der Waals surface area contributed by atoms with Gasteiger partial charge in [0.15, 0.2) is 0 Å². The van der Waals surface area contributed by atoms with E-state index in [2.05, 4.69) is 5.32 Å². The zero-order valence-electron chi connectivity index (χ0n) is 19.8. The molecule has 0 aliphatic carbocycles. The lowest BCUT2D eigenvalue weighted by Crippen LogP contribution is -2.32. The van der Waals surface area contributed by atoms with Crippen molar-refractivity contribution in [3.05, 3.63) is 89.1 Å². The molecule has 0 radical (unpaired) electrons. The van der Waals surface area contributed by atoms with Crippen molar-refractivity contribution in [1.82, 2.24) is 0 Å². The Balaban J connectivity index is 1.82. The largest absolute Gasteiger partial charge is 0.496 e. The summed E-state index contributed by atoms with van der Waals surface area (Å²) in [5, 5.41) is 3.20. The zero-order valence-corrected chi connectivity index (χ0v) is 19.8. The molecule has 2 amide bonds. The van der Waals surface area contributed by atoms with Crippen LogP contribution in [0.3, 0.4) is 0 Å². The van der Waals surface area contributed by atoms with Crippen LogP contribution in [0.5, 0.6) is 11.5 Å². The maximum Gasteiger partial charge on any atom is 0.282 e. The van der Waals surface area contributed by atoms with Crippen molar-refractivity contribution in [3.63, 3.8) is 0 Å². The molecule has 1 N–H and O–H groups in total. The van der Waals surface area contributed by atoms with E-state index < -0.39 is 11.8 Å². The summed E-state index contributed by atoms with van der Waals surface area (Å²) in [6, 6.07) is 20.2. The third-order valence-corrected chi connectivity index (χ3v) is 5.50. The van der Waals surface area contributed by atoms with Crippen molar-refractivity contribution in [1.29, 1.82) is 0 Å².